The van der Waals surface area contributed by atoms with Crippen molar-refractivity contribution >= 4 is 41.4 Å². The molecule has 6 N–H and O–H groups in total. The zero-order valence-corrected chi connectivity index (χ0v) is 18.9. The lowest BCUT2D eigenvalue weighted by molar-refractivity contribution is -0.114. The highest BCUT2D eigenvalue weighted by Gasteiger charge is 2.11. The summed E-state index contributed by atoms with van der Waals surface area (Å²) in [5, 5.41) is 14.4. The number of aliphatic imine (C=N–C) groups is 1. The highest BCUT2D eigenvalue weighted by Crippen LogP contribution is 2.29. The molecule has 32 heavy (non-hydrogen) atoms. The number of carbonyl (C=O) groups is 2. The van der Waals surface area contributed by atoms with Crippen molar-refractivity contribution in [1.29, 1.82) is 0 Å². The van der Waals surface area contributed by atoms with Crippen LogP contribution in [0.2, 0.25) is 0 Å². The monoisotopic (exact) mass is 452 g/mol. The Morgan fingerprint density at radius 2 is 1.72 bits per heavy atom. The number of nitrogens with zero attached hydrogens (tertiary/aromatic N) is 1. The van der Waals surface area contributed by atoms with E-state index in [4.69, 9.17) is 10.8 Å². The van der Waals surface area contributed by atoms with Crippen LogP contribution in [0.4, 0.5) is 0 Å². The molecule has 3 aromatic carbocycles. The van der Waals surface area contributed by atoms with Gasteiger partial charge in [0.15, 0.2) is 5.70 Å². The third kappa shape index (κ3) is 7.99. The molecule has 0 bridgehead atoms. The molecule has 0 aromatic heterocycles. The number of thioether (sulfide) groups is 1. The number of nitrogens with two attached hydrogens (primary N) is 2. The number of aldehydes is 1. The summed E-state index contributed by atoms with van der Waals surface area (Å²) in [5.74, 6) is -0.599. The minimum absolute atomic E-state index is 0.0269. The summed E-state index contributed by atoms with van der Waals surface area (Å²) in [6, 6.07) is 21.0. The number of primary amides is 1. The Morgan fingerprint density at radius 1 is 1.09 bits per heavy atom. The maximum Gasteiger partial charge on any atom is 0.270 e. The Balaban J connectivity index is 0.000000358. The van der Waals surface area contributed by atoms with E-state index < -0.39 is 5.91 Å². The van der Waals surface area contributed by atoms with E-state index in [0.29, 0.717) is 10.6 Å². The topological polar surface area (TPSA) is 131 Å². The third-order valence-corrected chi connectivity index (χ3v) is 5.16. The van der Waals surface area contributed by atoms with Crippen LogP contribution in [0, 0.1) is 0 Å². The number of rotatable bonds is 7. The fourth-order valence-electron chi connectivity index (χ4n) is 2.53. The van der Waals surface area contributed by atoms with E-state index >= 15 is 0 Å². The number of aliphatic hydroxyl groups is 1. The Kier molecular flexibility index (Phi) is 12.1. The van der Waals surface area contributed by atoms with Gasteiger partial charge in [0, 0.05) is 17.5 Å². The molecular weight excluding hydrogens is 424 g/mol. The molecule has 0 spiro atoms. The fraction of sp³-hybridized carbons (Fsp3) is 0.125. The van der Waals surface area contributed by atoms with Crippen LogP contribution in [0.15, 0.2) is 87.3 Å². The largest absolute Gasteiger partial charge is 0.392 e. The van der Waals surface area contributed by atoms with Crippen molar-refractivity contribution in [3.63, 3.8) is 0 Å². The molecule has 0 aliphatic rings. The smallest absolute Gasteiger partial charge is 0.270 e. The molecule has 8 heteroatoms. The minimum Gasteiger partial charge on any atom is -0.392 e. The molecule has 3 rings (SSSR count). The lowest BCUT2D eigenvalue weighted by atomic mass is 10.1. The van der Waals surface area contributed by atoms with Gasteiger partial charge < -0.3 is 21.9 Å². The van der Waals surface area contributed by atoms with Gasteiger partial charge in [-0.2, -0.15) is 0 Å². The van der Waals surface area contributed by atoms with Crippen LogP contribution < -0.4 is 16.8 Å². The molecule has 0 unspecified atom stereocenters. The molecule has 168 valence electrons. The van der Waals surface area contributed by atoms with Crippen molar-refractivity contribution in [2.75, 3.05) is 14.1 Å². The second kappa shape index (κ2) is 14.5. The van der Waals surface area contributed by atoms with Crippen LogP contribution in [0.3, 0.4) is 0 Å². The number of benzene rings is 3. The van der Waals surface area contributed by atoms with Crippen molar-refractivity contribution in [3.8, 4) is 0 Å². The number of aliphatic hydroxyl groups excluding tert-OH is 1. The van der Waals surface area contributed by atoms with Gasteiger partial charge in [0.1, 0.15) is 11.3 Å². The quantitative estimate of drug-likeness (QED) is 0.189. The predicted molar refractivity (Wildman–Crippen MR) is 132 cm³/mol. The van der Waals surface area contributed by atoms with E-state index in [2.05, 4.69) is 34.9 Å². The van der Waals surface area contributed by atoms with Gasteiger partial charge in [-0.25, -0.2) is 0 Å². The molecule has 0 fully saturated rings. The SMILES string of the molecule is C=N/C(C(N)=O)=C(/NC)Sc1ccc2ccccc2c1.CN.O=Cc1ccc(CO)cc1. The van der Waals surface area contributed by atoms with E-state index in [-0.39, 0.29) is 12.3 Å². The van der Waals surface area contributed by atoms with Crippen molar-refractivity contribution in [2.45, 2.75) is 11.5 Å². The van der Waals surface area contributed by atoms with Gasteiger partial charge in [-0.05, 0) is 42.2 Å². The van der Waals surface area contributed by atoms with Crippen molar-refractivity contribution in [1.82, 2.24) is 5.32 Å². The number of carbonyl (C=O) groups excluding carboxylic acids is 2. The summed E-state index contributed by atoms with van der Waals surface area (Å²) in [6.07, 6.45) is 0.779. The molecule has 0 saturated carbocycles. The van der Waals surface area contributed by atoms with E-state index in [0.717, 1.165) is 22.1 Å². The Morgan fingerprint density at radius 3 is 2.22 bits per heavy atom. The standard InChI is InChI=1S/C15H15N3OS.C8H8O2.CH5N/c1-17-13(14(16)19)15(18-2)20-12-8-7-10-5-3-4-6-11(10)9-12;9-5-7-1-2-8(6-10)4-3-7;1-2/h3-9,18H,1H2,2H3,(H2,16,19);1-5,10H,6H2;2H2,1H3/b15-13-;;. The maximum absolute atomic E-state index is 11.3. The molecule has 3 aromatic rings. The Bertz CT molecular complexity index is 1070. The second-order valence-corrected chi connectivity index (χ2v) is 7.16. The highest BCUT2D eigenvalue weighted by molar-refractivity contribution is 8.03. The normalized spacial score (nSPS) is 10.5. The summed E-state index contributed by atoms with van der Waals surface area (Å²) >= 11 is 1.40. The number of nitrogens with one attached hydrogen (secondary N) is 1. The summed E-state index contributed by atoms with van der Waals surface area (Å²) in [6.45, 7) is 3.41. The first-order chi connectivity index (χ1) is 15.5. The van der Waals surface area contributed by atoms with Gasteiger partial charge in [-0.15, -0.1) is 0 Å². The first-order valence-corrected chi connectivity index (χ1v) is 10.4. The highest BCUT2D eigenvalue weighted by atomic mass is 32.2. The lowest BCUT2D eigenvalue weighted by Crippen LogP contribution is -2.18. The van der Waals surface area contributed by atoms with Crippen LogP contribution in [-0.4, -0.2) is 38.1 Å². The zero-order chi connectivity index (χ0) is 23.9. The zero-order valence-electron chi connectivity index (χ0n) is 18.1. The summed E-state index contributed by atoms with van der Waals surface area (Å²) in [4.78, 5) is 26.1. The fourth-order valence-corrected chi connectivity index (χ4v) is 3.45. The van der Waals surface area contributed by atoms with Crippen LogP contribution in [0.5, 0.6) is 0 Å². The van der Waals surface area contributed by atoms with Crippen LogP contribution >= 0.6 is 11.8 Å². The van der Waals surface area contributed by atoms with E-state index in [1.807, 2.05) is 30.3 Å². The van der Waals surface area contributed by atoms with E-state index in [1.165, 1.54) is 24.2 Å². The molecule has 0 atom stereocenters. The molecular formula is C24H28N4O3S. The van der Waals surface area contributed by atoms with Gasteiger partial charge in [0.25, 0.3) is 5.91 Å². The van der Waals surface area contributed by atoms with Gasteiger partial charge in [0.2, 0.25) is 0 Å². The predicted octanol–water partition coefficient (Wildman–Crippen LogP) is 3.07. The average molecular weight is 453 g/mol. The number of amides is 1. The van der Waals surface area contributed by atoms with Crippen molar-refractivity contribution in [2.24, 2.45) is 16.5 Å². The third-order valence-electron chi connectivity index (χ3n) is 4.07. The second-order valence-electron chi connectivity index (χ2n) is 6.08. The first kappa shape index (κ1) is 26.6. The minimum atomic E-state index is -0.599. The van der Waals surface area contributed by atoms with Crippen LogP contribution in [0.1, 0.15) is 15.9 Å². The van der Waals surface area contributed by atoms with Gasteiger partial charge in [-0.1, -0.05) is 66.4 Å². The number of fused-ring (bicyclic) bond motifs is 1. The van der Waals surface area contributed by atoms with E-state index in [1.54, 1.807) is 31.3 Å². The van der Waals surface area contributed by atoms with Crippen LogP contribution in [0.25, 0.3) is 10.8 Å². The Hall–Kier alpha value is -3.46. The first-order valence-electron chi connectivity index (χ1n) is 9.60. The summed E-state index contributed by atoms with van der Waals surface area (Å²) in [7, 11) is 3.22. The Labute approximate surface area is 192 Å². The summed E-state index contributed by atoms with van der Waals surface area (Å²) < 4.78 is 0. The lowest BCUT2D eigenvalue weighted by Gasteiger charge is -2.09. The van der Waals surface area contributed by atoms with Gasteiger partial charge in [-0.3, -0.25) is 14.6 Å². The molecule has 0 saturated heterocycles. The molecule has 0 aliphatic heterocycles. The van der Waals surface area contributed by atoms with Crippen LogP contribution in [-0.2, 0) is 11.4 Å². The van der Waals surface area contributed by atoms with Crippen molar-refractivity contribution < 1.29 is 14.7 Å². The van der Waals surface area contributed by atoms with Gasteiger partial charge >= 0.3 is 0 Å². The average Bonchev–Trinajstić information content (AvgIpc) is 2.85. The molecule has 0 heterocycles. The van der Waals surface area contributed by atoms with Crippen molar-refractivity contribution in [3.05, 3.63) is 88.6 Å². The molecule has 0 radical (unpaired) electrons. The van der Waals surface area contributed by atoms with E-state index in [9.17, 15) is 9.59 Å². The molecule has 0 aliphatic carbocycles. The number of hydrogen-bond donors (Lipinski definition) is 4. The molecule has 1 amide bonds. The summed E-state index contributed by atoms with van der Waals surface area (Å²) in [5.41, 5.74) is 11.4. The molecule has 7 nitrogen and oxygen atoms in total. The van der Waals surface area contributed by atoms with Gasteiger partial charge in [0.05, 0.1) is 6.61 Å². The number of hydrogen-bond acceptors (Lipinski definition) is 7. The maximum atomic E-state index is 11.3.